The zero-order valence-electron chi connectivity index (χ0n) is 14.6. The molecule has 1 N–H and O–H groups in total. The number of hydrogen-bond donors (Lipinski definition) is 1. The third-order valence-corrected chi connectivity index (χ3v) is 8.31. The van der Waals surface area contributed by atoms with Crippen LogP contribution < -0.4 is 5.32 Å². The number of thiocarbonyl (C=S) groups is 1. The van der Waals surface area contributed by atoms with Gasteiger partial charge in [0.05, 0.1) is 4.90 Å². The van der Waals surface area contributed by atoms with Gasteiger partial charge in [-0.1, -0.05) is 6.42 Å². The van der Waals surface area contributed by atoms with Crippen LogP contribution >= 0.6 is 12.2 Å². The highest BCUT2D eigenvalue weighted by Gasteiger charge is 2.40. The number of piperazine rings is 1. The molecule has 2 aliphatic carbocycles. The number of rotatable bonds is 3. The molecular formula is C18H24FN3O2S2. The summed E-state index contributed by atoms with van der Waals surface area (Å²) < 4.78 is 39.9. The lowest BCUT2D eigenvalue weighted by Crippen LogP contribution is -2.54. The maximum absolute atomic E-state index is 13.0. The van der Waals surface area contributed by atoms with Crippen molar-refractivity contribution < 1.29 is 12.8 Å². The number of halogens is 1. The second-order valence-electron chi connectivity index (χ2n) is 7.58. The monoisotopic (exact) mass is 397 g/mol. The number of hydrogen-bond acceptors (Lipinski definition) is 3. The molecule has 142 valence electrons. The van der Waals surface area contributed by atoms with E-state index in [-0.39, 0.29) is 4.90 Å². The van der Waals surface area contributed by atoms with E-state index >= 15 is 0 Å². The van der Waals surface area contributed by atoms with Crippen molar-refractivity contribution in [2.24, 2.45) is 11.8 Å². The van der Waals surface area contributed by atoms with E-state index in [4.69, 9.17) is 12.2 Å². The highest BCUT2D eigenvalue weighted by Crippen LogP contribution is 2.44. The van der Waals surface area contributed by atoms with Crippen LogP contribution in [0.15, 0.2) is 29.2 Å². The molecule has 26 heavy (non-hydrogen) atoms. The summed E-state index contributed by atoms with van der Waals surface area (Å²) in [5, 5.41) is 4.27. The molecule has 3 atom stereocenters. The lowest BCUT2D eigenvalue weighted by Gasteiger charge is -2.37. The number of nitrogens with zero attached hydrogens (tertiary/aromatic N) is 2. The standard InChI is InChI=1S/C18H24FN3O2S2/c19-15-3-5-16(6-4-15)26(23,24)22-9-7-21(8-10-22)18(25)20-17-12-13-1-2-14(17)11-13/h3-6,13-14,17H,1-2,7-12H2,(H,20,25)/t13-,14-,17-/m0/s1. The Labute approximate surface area is 159 Å². The second-order valence-corrected chi connectivity index (χ2v) is 9.90. The van der Waals surface area contributed by atoms with Gasteiger partial charge in [0.15, 0.2) is 5.11 Å². The molecular weight excluding hydrogens is 373 g/mol. The number of benzene rings is 1. The van der Waals surface area contributed by atoms with Gasteiger partial charge >= 0.3 is 0 Å². The van der Waals surface area contributed by atoms with Gasteiger partial charge in [0, 0.05) is 32.2 Å². The molecule has 0 radical (unpaired) electrons. The maximum atomic E-state index is 13.0. The van der Waals surface area contributed by atoms with Crippen LogP contribution in [0.5, 0.6) is 0 Å². The molecule has 2 bridgehead atoms. The fourth-order valence-corrected chi connectivity index (χ4v) is 6.31. The van der Waals surface area contributed by atoms with Gasteiger partial charge in [0.1, 0.15) is 5.82 Å². The van der Waals surface area contributed by atoms with Crippen LogP contribution in [0.2, 0.25) is 0 Å². The van der Waals surface area contributed by atoms with Crippen molar-refractivity contribution in [2.75, 3.05) is 26.2 Å². The van der Waals surface area contributed by atoms with Crippen molar-refractivity contribution in [2.45, 2.75) is 36.6 Å². The number of sulfonamides is 1. The van der Waals surface area contributed by atoms with E-state index in [0.29, 0.717) is 32.2 Å². The minimum atomic E-state index is -3.58. The van der Waals surface area contributed by atoms with Gasteiger partial charge in [-0.05, 0) is 67.6 Å². The van der Waals surface area contributed by atoms with Crippen molar-refractivity contribution in [3.05, 3.63) is 30.1 Å². The first kappa shape index (κ1) is 18.1. The summed E-state index contributed by atoms with van der Waals surface area (Å²) in [7, 11) is -3.58. The quantitative estimate of drug-likeness (QED) is 0.793. The fraction of sp³-hybridized carbons (Fsp3) is 0.611. The van der Waals surface area contributed by atoms with E-state index in [1.165, 1.54) is 54.3 Å². The van der Waals surface area contributed by atoms with Gasteiger partial charge in [-0.2, -0.15) is 4.31 Å². The van der Waals surface area contributed by atoms with Gasteiger partial charge in [-0.25, -0.2) is 12.8 Å². The average Bonchev–Trinajstić information content (AvgIpc) is 3.25. The second kappa shape index (κ2) is 7.05. The van der Waals surface area contributed by atoms with E-state index in [1.54, 1.807) is 0 Å². The Morgan fingerprint density at radius 1 is 1.08 bits per heavy atom. The Kier molecular flexibility index (Phi) is 4.92. The largest absolute Gasteiger partial charge is 0.360 e. The molecule has 5 nitrogen and oxygen atoms in total. The summed E-state index contributed by atoms with van der Waals surface area (Å²) in [6.07, 6.45) is 5.19. The van der Waals surface area contributed by atoms with Crippen molar-refractivity contribution in [3.63, 3.8) is 0 Å². The van der Waals surface area contributed by atoms with Crippen LogP contribution in [0.1, 0.15) is 25.7 Å². The highest BCUT2D eigenvalue weighted by atomic mass is 32.2. The number of fused-ring (bicyclic) bond motifs is 2. The van der Waals surface area contributed by atoms with Crippen molar-refractivity contribution >= 4 is 27.4 Å². The third kappa shape index (κ3) is 3.46. The zero-order chi connectivity index (χ0) is 18.3. The van der Waals surface area contributed by atoms with Gasteiger partial charge in [0.25, 0.3) is 0 Å². The van der Waals surface area contributed by atoms with Crippen molar-refractivity contribution in [1.82, 2.24) is 14.5 Å². The van der Waals surface area contributed by atoms with Crippen LogP contribution in [0.25, 0.3) is 0 Å². The van der Waals surface area contributed by atoms with E-state index in [0.717, 1.165) is 16.9 Å². The van der Waals surface area contributed by atoms with Crippen molar-refractivity contribution in [1.29, 1.82) is 0 Å². The topological polar surface area (TPSA) is 52.7 Å². The molecule has 0 amide bonds. The fourth-order valence-electron chi connectivity index (χ4n) is 4.56. The number of nitrogens with one attached hydrogen (secondary N) is 1. The summed E-state index contributed by atoms with van der Waals surface area (Å²) in [6.45, 7) is 1.93. The van der Waals surface area contributed by atoms with E-state index in [9.17, 15) is 12.8 Å². The highest BCUT2D eigenvalue weighted by molar-refractivity contribution is 7.89. The normalized spacial score (nSPS) is 29.1. The molecule has 0 spiro atoms. The smallest absolute Gasteiger partial charge is 0.243 e. The van der Waals surface area contributed by atoms with E-state index < -0.39 is 15.8 Å². The first-order valence-corrected chi connectivity index (χ1v) is 11.1. The van der Waals surface area contributed by atoms with E-state index in [1.807, 2.05) is 0 Å². The molecule has 2 saturated carbocycles. The molecule has 1 aliphatic heterocycles. The Morgan fingerprint density at radius 3 is 2.35 bits per heavy atom. The summed E-state index contributed by atoms with van der Waals surface area (Å²) >= 11 is 5.57. The predicted octanol–water partition coefficient (Wildman–Crippen LogP) is 2.20. The van der Waals surface area contributed by atoms with Crippen LogP contribution in [0.4, 0.5) is 4.39 Å². The summed E-state index contributed by atoms with van der Waals surface area (Å²) in [5.41, 5.74) is 0. The predicted molar refractivity (Wildman–Crippen MR) is 102 cm³/mol. The Bertz CT molecular complexity index is 776. The van der Waals surface area contributed by atoms with Crippen LogP contribution in [-0.4, -0.2) is 55.0 Å². The molecule has 1 aromatic carbocycles. The average molecular weight is 398 g/mol. The molecule has 0 aromatic heterocycles. The molecule has 1 aromatic rings. The summed E-state index contributed by atoms with van der Waals surface area (Å²) in [5.74, 6) is 1.17. The maximum Gasteiger partial charge on any atom is 0.243 e. The van der Waals surface area contributed by atoms with Crippen molar-refractivity contribution in [3.8, 4) is 0 Å². The molecule has 4 rings (SSSR count). The lowest BCUT2D eigenvalue weighted by molar-refractivity contribution is 0.258. The lowest BCUT2D eigenvalue weighted by atomic mass is 9.95. The molecule has 1 saturated heterocycles. The van der Waals surface area contributed by atoms with Gasteiger partial charge in [-0.3, -0.25) is 0 Å². The molecule has 3 aliphatic rings. The molecule has 0 unspecified atom stereocenters. The SMILES string of the molecule is O=S(=O)(c1ccc(F)cc1)N1CCN(C(=S)N[C@H]2C[C@H]3CC[C@H]2C3)CC1. The zero-order valence-corrected chi connectivity index (χ0v) is 16.2. The molecule has 1 heterocycles. The van der Waals surface area contributed by atoms with Crippen LogP contribution in [-0.2, 0) is 10.0 Å². The molecule has 3 fully saturated rings. The van der Waals surface area contributed by atoms with Crippen LogP contribution in [0, 0.1) is 17.7 Å². The minimum Gasteiger partial charge on any atom is -0.360 e. The van der Waals surface area contributed by atoms with Crippen LogP contribution in [0.3, 0.4) is 0 Å². The van der Waals surface area contributed by atoms with E-state index in [2.05, 4.69) is 10.2 Å². The third-order valence-electron chi connectivity index (χ3n) is 6.02. The Hall–Kier alpha value is -1.25. The Morgan fingerprint density at radius 2 is 1.77 bits per heavy atom. The van der Waals surface area contributed by atoms with Gasteiger partial charge < -0.3 is 10.2 Å². The summed E-state index contributed by atoms with van der Waals surface area (Å²) in [6, 6.07) is 5.48. The summed E-state index contributed by atoms with van der Waals surface area (Å²) in [4.78, 5) is 2.20. The first-order chi connectivity index (χ1) is 12.4. The molecule has 8 heteroatoms. The van der Waals surface area contributed by atoms with Gasteiger partial charge in [0.2, 0.25) is 10.0 Å². The minimum absolute atomic E-state index is 0.134. The van der Waals surface area contributed by atoms with Gasteiger partial charge in [-0.15, -0.1) is 0 Å². The Balaban J connectivity index is 1.33. The first-order valence-electron chi connectivity index (χ1n) is 9.24.